The molecule has 8 heteroatoms. The van der Waals surface area contributed by atoms with E-state index in [1.165, 1.54) is 0 Å². The van der Waals surface area contributed by atoms with Crippen LogP contribution >= 0.6 is 35.7 Å². The summed E-state index contributed by atoms with van der Waals surface area (Å²) < 4.78 is 10.9. The average Bonchev–Trinajstić information content (AvgIpc) is 3.24. The van der Waals surface area contributed by atoms with Crippen LogP contribution < -0.4 is 10.6 Å². The number of hydrogen-bond acceptors (Lipinski definition) is 5. The van der Waals surface area contributed by atoms with Gasteiger partial charge >= 0.3 is 0 Å². The molecule has 1 unspecified atom stereocenters. The van der Waals surface area contributed by atoms with Crippen LogP contribution in [0.5, 0.6) is 0 Å². The van der Waals surface area contributed by atoms with Crippen LogP contribution in [0.15, 0.2) is 44.4 Å². The van der Waals surface area contributed by atoms with Gasteiger partial charge < -0.3 is 24.6 Å². The molecule has 0 aliphatic carbocycles. The molecule has 0 saturated carbocycles. The molecule has 6 nitrogen and oxygen atoms in total. The van der Waals surface area contributed by atoms with Crippen molar-refractivity contribution in [1.29, 1.82) is 0 Å². The summed E-state index contributed by atoms with van der Waals surface area (Å²) in [5.74, 6) is 3.87. The zero-order valence-corrected chi connectivity index (χ0v) is 18.6. The first-order chi connectivity index (χ1) is 12.0. The van der Waals surface area contributed by atoms with Crippen LogP contribution in [0, 0.1) is 6.92 Å². The van der Waals surface area contributed by atoms with Gasteiger partial charge in [0.25, 0.3) is 0 Å². The van der Waals surface area contributed by atoms with Crippen molar-refractivity contribution in [2.45, 2.75) is 25.9 Å². The number of aliphatic hydroxyl groups is 1. The molecule has 2 rings (SSSR count). The number of thioether (sulfide) groups is 1. The van der Waals surface area contributed by atoms with Crippen LogP contribution in [0.3, 0.4) is 0 Å². The molecule has 1 atom stereocenters. The first-order valence-corrected chi connectivity index (χ1v) is 9.73. The number of furan rings is 2. The molecule has 0 aliphatic heterocycles. The lowest BCUT2D eigenvalue weighted by Crippen LogP contribution is -2.40. The highest BCUT2D eigenvalue weighted by Gasteiger charge is 2.26. The lowest BCUT2D eigenvalue weighted by atomic mass is 10.0. The van der Waals surface area contributed by atoms with E-state index in [1.54, 1.807) is 31.0 Å². The fourth-order valence-electron chi connectivity index (χ4n) is 2.24. The summed E-state index contributed by atoms with van der Waals surface area (Å²) in [6.45, 7) is 5.26. The van der Waals surface area contributed by atoms with Gasteiger partial charge in [-0.25, -0.2) is 4.99 Å². The van der Waals surface area contributed by atoms with Gasteiger partial charge in [-0.05, 0) is 44.4 Å². The monoisotopic (exact) mass is 493 g/mol. The normalized spacial score (nSPS) is 13.8. The van der Waals surface area contributed by atoms with Crippen molar-refractivity contribution in [2.75, 3.05) is 31.6 Å². The molecule has 26 heavy (non-hydrogen) atoms. The van der Waals surface area contributed by atoms with E-state index in [0.29, 0.717) is 18.3 Å². The predicted octanol–water partition coefficient (Wildman–Crippen LogP) is 3.15. The minimum absolute atomic E-state index is 0. The Balaban J connectivity index is 0.00000338. The Morgan fingerprint density at radius 3 is 2.65 bits per heavy atom. The summed E-state index contributed by atoms with van der Waals surface area (Å²) >= 11 is 1.76. The lowest BCUT2D eigenvalue weighted by Gasteiger charge is -2.20. The SMILES string of the molecule is CSCCNC(=NCC(C)(O)c1ccc(C)o1)NCCc1ccco1.I. The standard InChI is InChI=1S/C18H27N3O3S.HI/c1-14-6-7-16(24-14)18(2,22)13-21-17(20-10-12-25-3)19-9-8-15-5-4-11-23-15;/h4-7,11,22H,8-10,12-13H2,1-3H3,(H2,19,20,21);1H. The smallest absolute Gasteiger partial charge is 0.191 e. The number of aryl methyl sites for hydroxylation is 1. The molecule has 0 fully saturated rings. The molecule has 0 radical (unpaired) electrons. The predicted molar refractivity (Wildman–Crippen MR) is 118 cm³/mol. The van der Waals surface area contributed by atoms with Gasteiger partial charge in [0.15, 0.2) is 5.96 Å². The maximum absolute atomic E-state index is 10.6. The minimum Gasteiger partial charge on any atom is -0.469 e. The van der Waals surface area contributed by atoms with Crippen molar-refractivity contribution in [2.24, 2.45) is 4.99 Å². The van der Waals surface area contributed by atoms with Crippen molar-refractivity contribution < 1.29 is 13.9 Å². The summed E-state index contributed by atoms with van der Waals surface area (Å²) in [7, 11) is 0. The van der Waals surface area contributed by atoms with Gasteiger partial charge in [0, 0.05) is 25.3 Å². The molecule has 2 aromatic rings. The van der Waals surface area contributed by atoms with E-state index in [0.717, 1.165) is 30.2 Å². The van der Waals surface area contributed by atoms with Crippen LogP contribution in [0.2, 0.25) is 0 Å². The number of nitrogens with zero attached hydrogens (tertiary/aromatic N) is 1. The Labute approximate surface area is 176 Å². The second-order valence-corrected chi connectivity index (χ2v) is 7.01. The Bertz CT molecular complexity index is 656. The van der Waals surface area contributed by atoms with Gasteiger partial charge in [-0.15, -0.1) is 24.0 Å². The second-order valence-electron chi connectivity index (χ2n) is 6.02. The molecule has 0 bridgehead atoms. The lowest BCUT2D eigenvalue weighted by molar-refractivity contribution is 0.0428. The third-order valence-electron chi connectivity index (χ3n) is 3.66. The molecule has 3 N–H and O–H groups in total. The van der Waals surface area contributed by atoms with Gasteiger partial charge in [0.1, 0.15) is 22.9 Å². The van der Waals surface area contributed by atoms with Crippen LogP contribution in [0.25, 0.3) is 0 Å². The number of aliphatic imine (C=N–C) groups is 1. The molecule has 2 aromatic heterocycles. The summed E-state index contributed by atoms with van der Waals surface area (Å²) in [5, 5.41) is 17.2. The number of guanidine groups is 1. The maximum atomic E-state index is 10.6. The van der Waals surface area contributed by atoms with Gasteiger partial charge in [-0.3, -0.25) is 0 Å². The van der Waals surface area contributed by atoms with Gasteiger partial charge in [-0.2, -0.15) is 11.8 Å². The summed E-state index contributed by atoms with van der Waals surface area (Å²) in [6.07, 6.45) is 4.50. The van der Waals surface area contributed by atoms with E-state index in [2.05, 4.69) is 21.9 Å². The minimum atomic E-state index is -1.15. The summed E-state index contributed by atoms with van der Waals surface area (Å²) in [6, 6.07) is 7.45. The molecule has 0 spiro atoms. The highest BCUT2D eigenvalue weighted by Crippen LogP contribution is 2.23. The van der Waals surface area contributed by atoms with Crippen molar-refractivity contribution in [1.82, 2.24) is 10.6 Å². The molecule has 0 aromatic carbocycles. The van der Waals surface area contributed by atoms with E-state index in [4.69, 9.17) is 8.83 Å². The Morgan fingerprint density at radius 2 is 2.04 bits per heavy atom. The van der Waals surface area contributed by atoms with Gasteiger partial charge in [-0.1, -0.05) is 0 Å². The maximum Gasteiger partial charge on any atom is 0.191 e. The number of halogens is 1. The highest BCUT2D eigenvalue weighted by atomic mass is 127. The first kappa shape index (κ1) is 22.9. The zero-order chi connectivity index (χ0) is 18.1. The molecule has 0 saturated heterocycles. The highest BCUT2D eigenvalue weighted by molar-refractivity contribution is 14.0. The zero-order valence-electron chi connectivity index (χ0n) is 15.4. The number of hydrogen-bond donors (Lipinski definition) is 3. The third-order valence-corrected chi connectivity index (χ3v) is 4.27. The van der Waals surface area contributed by atoms with Crippen molar-refractivity contribution in [3.05, 3.63) is 47.8 Å². The van der Waals surface area contributed by atoms with Crippen LogP contribution in [0.4, 0.5) is 0 Å². The fraction of sp³-hybridized carbons (Fsp3) is 0.500. The van der Waals surface area contributed by atoms with Gasteiger partial charge in [0.2, 0.25) is 0 Å². The van der Waals surface area contributed by atoms with Crippen molar-refractivity contribution >= 4 is 41.7 Å². The first-order valence-electron chi connectivity index (χ1n) is 8.34. The van der Waals surface area contributed by atoms with Crippen LogP contribution in [-0.4, -0.2) is 42.7 Å². The van der Waals surface area contributed by atoms with Crippen molar-refractivity contribution in [3.8, 4) is 0 Å². The molecule has 2 heterocycles. The largest absolute Gasteiger partial charge is 0.469 e. The second kappa shape index (κ2) is 11.6. The fourth-order valence-corrected chi connectivity index (χ4v) is 2.55. The summed E-state index contributed by atoms with van der Waals surface area (Å²) in [4.78, 5) is 4.52. The topological polar surface area (TPSA) is 82.9 Å². The van der Waals surface area contributed by atoms with Crippen molar-refractivity contribution in [3.63, 3.8) is 0 Å². The molecular weight excluding hydrogens is 465 g/mol. The van der Waals surface area contributed by atoms with E-state index >= 15 is 0 Å². The van der Waals surface area contributed by atoms with E-state index in [9.17, 15) is 5.11 Å². The number of rotatable bonds is 9. The molecule has 0 amide bonds. The third kappa shape index (κ3) is 7.63. The van der Waals surface area contributed by atoms with Crippen LogP contribution in [0.1, 0.15) is 24.2 Å². The quantitative estimate of drug-likeness (QED) is 0.216. The summed E-state index contributed by atoms with van der Waals surface area (Å²) in [5.41, 5.74) is -1.15. The Morgan fingerprint density at radius 1 is 1.27 bits per heavy atom. The Kier molecular flexibility index (Phi) is 10.2. The van der Waals surface area contributed by atoms with E-state index in [1.807, 2.05) is 25.1 Å². The van der Waals surface area contributed by atoms with Crippen LogP contribution in [-0.2, 0) is 12.0 Å². The molecule has 0 aliphatic rings. The number of nitrogens with one attached hydrogen (secondary N) is 2. The average molecular weight is 493 g/mol. The van der Waals surface area contributed by atoms with E-state index < -0.39 is 5.60 Å². The molecule has 146 valence electrons. The van der Waals surface area contributed by atoms with Gasteiger partial charge in [0.05, 0.1) is 12.8 Å². The molecular formula is C18H28IN3O3S. The van der Waals surface area contributed by atoms with E-state index in [-0.39, 0.29) is 30.5 Å². The Hall–Kier alpha value is -1.13.